The standard InChI is InChI=1S/C25H33FN2O2/c1-17-6-5-9-25(2)15-23-18(14-20(17)25)19(24(29)30-23)16-27-10-12-28(13-11-27)22-8-4-3-7-21(22)26/h3-4,7-8,14,17-19,23H,5-6,9-13,15-16H2,1-2H3/t17-,18+,19-,23+,25+/m0/s1. The molecule has 162 valence electrons. The molecule has 0 unspecified atom stereocenters. The molecule has 0 spiro atoms. The molecule has 5 heteroatoms. The van der Waals surface area contributed by atoms with E-state index >= 15 is 0 Å². The first-order chi connectivity index (χ1) is 14.4. The molecule has 1 aromatic rings. The van der Waals surface area contributed by atoms with Crippen LogP contribution < -0.4 is 4.90 Å². The summed E-state index contributed by atoms with van der Waals surface area (Å²) in [7, 11) is 0. The maximum Gasteiger partial charge on any atom is 0.311 e. The zero-order valence-corrected chi connectivity index (χ0v) is 18.1. The van der Waals surface area contributed by atoms with Gasteiger partial charge in [-0.15, -0.1) is 0 Å². The number of anilines is 1. The second-order valence-corrected chi connectivity index (χ2v) is 10.1. The minimum atomic E-state index is -0.161. The molecule has 2 saturated heterocycles. The van der Waals surface area contributed by atoms with Crippen molar-refractivity contribution in [2.75, 3.05) is 37.6 Å². The fourth-order valence-electron chi connectivity index (χ4n) is 6.42. The highest BCUT2D eigenvalue weighted by molar-refractivity contribution is 5.76. The van der Waals surface area contributed by atoms with Gasteiger partial charge in [0.1, 0.15) is 11.9 Å². The number of carbonyl (C=O) groups is 1. The molecular weight excluding hydrogens is 379 g/mol. The van der Waals surface area contributed by atoms with Crippen molar-refractivity contribution in [3.63, 3.8) is 0 Å². The molecule has 3 fully saturated rings. The summed E-state index contributed by atoms with van der Waals surface area (Å²) < 4.78 is 20.0. The predicted molar refractivity (Wildman–Crippen MR) is 116 cm³/mol. The molecule has 1 aromatic carbocycles. The van der Waals surface area contributed by atoms with Crippen LogP contribution in [0.2, 0.25) is 0 Å². The van der Waals surface area contributed by atoms with Crippen LogP contribution in [0.15, 0.2) is 35.9 Å². The molecule has 0 aromatic heterocycles. The van der Waals surface area contributed by atoms with Crippen molar-refractivity contribution in [1.82, 2.24) is 4.90 Å². The van der Waals surface area contributed by atoms with Gasteiger partial charge in [-0.05, 0) is 42.7 Å². The summed E-state index contributed by atoms with van der Waals surface area (Å²) in [6.45, 7) is 8.73. The lowest BCUT2D eigenvalue weighted by molar-refractivity contribution is -0.145. The Balaban J connectivity index is 1.27. The Bertz CT molecular complexity index is 847. The van der Waals surface area contributed by atoms with Gasteiger partial charge in [0.05, 0.1) is 11.6 Å². The van der Waals surface area contributed by atoms with Crippen LogP contribution in [0.5, 0.6) is 0 Å². The quantitative estimate of drug-likeness (QED) is 0.549. The van der Waals surface area contributed by atoms with Crippen LogP contribution in [0.1, 0.15) is 39.5 Å². The molecule has 2 aliphatic carbocycles. The summed E-state index contributed by atoms with van der Waals surface area (Å²) in [5.74, 6) is 0.581. The Morgan fingerprint density at radius 3 is 2.73 bits per heavy atom. The summed E-state index contributed by atoms with van der Waals surface area (Å²) in [6.07, 6.45) is 7.21. The maximum absolute atomic E-state index is 14.1. The number of hydrogen-bond donors (Lipinski definition) is 0. The van der Waals surface area contributed by atoms with Gasteiger partial charge in [-0.3, -0.25) is 9.69 Å². The number of halogens is 1. The molecule has 30 heavy (non-hydrogen) atoms. The number of hydrogen-bond acceptors (Lipinski definition) is 4. The number of carbonyl (C=O) groups excluding carboxylic acids is 1. The molecule has 2 heterocycles. The number of benzene rings is 1. The molecule has 0 N–H and O–H groups in total. The monoisotopic (exact) mass is 412 g/mol. The number of para-hydroxylation sites is 1. The number of ether oxygens (including phenoxy) is 1. The van der Waals surface area contributed by atoms with E-state index in [0.29, 0.717) is 11.6 Å². The van der Waals surface area contributed by atoms with Crippen molar-refractivity contribution >= 4 is 11.7 Å². The third kappa shape index (κ3) is 3.45. The maximum atomic E-state index is 14.1. The zero-order valence-electron chi connectivity index (χ0n) is 18.1. The van der Waals surface area contributed by atoms with E-state index in [0.717, 1.165) is 39.1 Å². The Kier molecular flexibility index (Phi) is 5.12. The molecular formula is C25H33FN2O2. The fourth-order valence-corrected chi connectivity index (χ4v) is 6.42. The lowest BCUT2D eigenvalue weighted by Crippen LogP contribution is -2.49. The first-order valence-corrected chi connectivity index (χ1v) is 11.6. The predicted octanol–water partition coefficient (Wildman–Crippen LogP) is 4.26. The summed E-state index contributed by atoms with van der Waals surface area (Å²) in [4.78, 5) is 17.3. The molecule has 1 saturated carbocycles. The van der Waals surface area contributed by atoms with E-state index in [1.807, 2.05) is 12.1 Å². The van der Waals surface area contributed by atoms with Crippen molar-refractivity contribution in [1.29, 1.82) is 0 Å². The van der Waals surface area contributed by atoms with Crippen molar-refractivity contribution in [3.05, 3.63) is 41.7 Å². The van der Waals surface area contributed by atoms with E-state index in [1.54, 1.807) is 11.6 Å². The normalized spacial score (nSPS) is 36.7. The van der Waals surface area contributed by atoms with Crippen LogP contribution in [-0.4, -0.2) is 49.7 Å². The van der Waals surface area contributed by atoms with E-state index in [4.69, 9.17) is 4.74 Å². The van der Waals surface area contributed by atoms with Crippen LogP contribution in [0.4, 0.5) is 10.1 Å². The number of esters is 1. The van der Waals surface area contributed by atoms with Crippen LogP contribution in [0, 0.1) is 29.0 Å². The van der Waals surface area contributed by atoms with E-state index < -0.39 is 0 Å². The minimum Gasteiger partial charge on any atom is -0.461 e. The van der Waals surface area contributed by atoms with E-state index in [1.165, 1.54) is 25.3 Å². The zero-order chi connectivity index (χ0) is 20.9. The van der Waals surface area contributed by atoms with Gasteiger partial charge < -0.3 is 9.64 Å². The first kappa shape index (κ1) is 20.0. The topological polar surface area (TPSA) is 32.8 Å². The third-order valence-corrected chi connectivity index (χ3v) is 8.10. The average molecular weight is 413 g/mol. The van der Waals surface area contributed by atoms with Crippen LogP contribution >= 0.6 is 0 Å². The molecule has 0 bridgehead atoms. The van der Waals surface area contributed by atoms with Crippen molar-refractivity contribution in [2.45, 2.75) is 45.6 Å². The molecule has 5 atom stereocenters. The van der Waals surface area contributed by atoms with Crippen molar-refractivity contribution in [3.8, 4) is 0 Å². The smallest absolute Gasteiger partial charge is 0.311 e. The highest BCUT2D eigenvalue weighted by Crippen LogP contribution is 2.54. The highest BCUT2D eigenvalue weighted by Gasteiger charge is 2.52. The molecule has 4 aliphatic rings. The Morgan fingerprint density at radius 1 is 1.20 bits per heavy atom. The summed E-state index contributed by atoms with van der Waals surface area (Å²) >= 11 is 0. The van der Waals surface area contributed by atoms with Crippen molar-refractivity contribution in [2.24, 2.45) is 23.2 Å². The first-order valence-electron chi connectivity index (χ1n) is 11.6. The third-order valence-electron chi connectivity index (χ3n) is 8.10. The van der Waals surface area contributed by atoms with Crippen molar-refractivity contribution < 1.29 is 13.9 Å². The molecule has 2 aliphatic heterocycles. The lowest BCUT2D eigenvalue weighted by Gasteiger charge is -2.46. The van der Waals surface area contributed by atoms with Gasteiger partial charge in [-0.2, -0.15) is 0 Å². The van der Waals surface area contributed by atoms with Crippen LogP contribution in [0.25, 0.3) is 0 Å². The van der Waals surface area contributed by atoms with Gasteiger partial charge in [-0.1, -0.05) is 44.1 Å². The largest absolute Gasteiger partial charge is 0.461 e. The van der Waals surface area contributed by atoms with Gasteiger partial charge in [0, 0.05) is 38.6 Å². The second-order valence-electron chi connectivity index (χ2n) is 10.1. The number of nitrogens with zero attached hydrogens (tertiary/aromatic N) is 2. The van der Waals surface area contributed by atoms with Crippen LogP contribution in [-0.2, 0) is 9.53 Å². The average Bonchev–Trinajstić information content (AvgIpc) is 3.01. The molecule has 0 radical (unpaired) electrons. The number of piperazine rings is 1. The van der Waals surface area contributed by atoms with E-state index in [-0.39, 0.29) is 35.1 Å². The Hall–Kier alpha value is -1.88. The number of fused-ring (bicyclic) bond motifs is 2. The summed E-state index contributed by atoms with van der Waals surface area (Å²) in [5, 5.41) is 0. The van der Waals surface area contributed by atoms with E-state index in [2.05, 4.69) is 29.7 Å². The minimum absolute atomic E-state index is 0.0201. The fraction of sp³-hybridized carbons (Fsp3) is 0.640. The highest BCUT2D eigenvalue weighted by atomic mass is 19.1. The Labute approximate surface area is 179 Å². The molecule has 5 rings (SSSR count). The van der Waals surface area contributed by atoms with Gasteiger partial charge in [0.25, 0.3) is 0 Å². The molecule has 0 amide bonds. The van der Waals surface area contributed by atoms with Crippen LogP contribution in [0.3, 0.4) is 0 Å². The number of rotatable bonds is 3. The van der Waals surface area contributed by atoms with Gasteiger partial charge in [-0.25, -0.2) is 4.39 Å². The van der Waals surface area contributed by atoms with Gasteiger partial charge >= 0.3 is 5.97 Å². The lowest BCUT2D eigenvalue weighted by atomic mass is 9.59. The second kappa shape index (κ2) is 7.67. The number of allylic oxidation sites excluding steroid dienone is 1. The van der Waals surface area contributed by atoms with E-state index in [9.17, 15) is 9.18 Å². The summed E-state index contributed by atoms with van der Waals surface area (Å²) in [5.41, 5.74) is 2.46. The Morgan fingerprint density at radius 2 is 1.97 bits per heavy atom. The van der Waals surface area contributed by atoms with Gasteiger partial charge in [0.2, 0.25) is 0 Å². The van der Waals surface area contributed by atoms with Gasteiger partial charge in [0.15, 0.2) is 0 Å². The molecule has 4 nitrogen and oxygen atoms in total. The SMILES string of the molecule is C[C@H]1CCC[C@]2(C)C[C@H]3OC(=O)[C@@H](CN4CCN(c5ccccc5F)CC4)[C@H]3C=C12. The summed E-state index contributed by atoms with van der Waals surface area (Å²) in [6, 6.07) is 6.98.